The molecule has 0 bridgehead atoms. The smallest absolute Gasteiger partial charge is 0.416 e. The van der Waals surface area contributed by atoms with Crippen molar-refractivity contribution in [3.05, 3.63) is 87.4 Å². The van der Waals surface area contributed by atoms with Crippen molar-refractivity contribution in [2.45, 2.75) is 70.1 Å². The number of alkyl halides is 3. The molecular weight excluding hydrogens is 638 g/mol. The molecule has 1 aromatic heterocycles. The SMILES string of the molecule is CCOC(=O)[C@H]1C2Cc3cc(OCc4cc5c(cc4F)C(C)(C)CC5c4ccc(OCCCS(C)(=O)=O)cc4C(F)(F)F)ncc3C21. The van der Waals surface area contributed by atoms with Gasteiger partial charge in [-0.25, -0.2) is 17.8 Å². The fourth-order valence-electron chi connectivity index (χ4n) is 7.37. The van der Waals surface area contributed by atoms with Gasteiger partial charge in [-0.15, -0.1) is 0 Å². The Kier molecular flexibility index (Phi) is 8.55. The molecule has 0 radical (unpaired) electrons. The van der Waals surface area contributed by atoms with Crippen molar-refractivity contribution in [3.63, 3.8) is 0 Å². The van der Waals surface area contributed by atoms with Crippen molar-refractivity contribution in [3.8, 4) is 11.6 Å². The third-order valence-electron chi connectivity index (χ3n) is 9.59. The van der Waals surface area contributed by atoms with E-state index < -0.39 is 38.7 Å². The van der Waals surface area contributed by atoms with Gasteiger partial charge in [-0.3, -0.25) is 4.79 Å². The molecule has 252 valence electrons. The molecule has 0 saturated heterocycles. The predicted octanol–water partition coefficient (Wildman–Crippen LogP) is 6.89. The van der Waals surface area contributed by atoms with Gasteiger partial charge in [0.1, 0.15) is 28.0 Å². The van der Waals surface area contributed by atoms with Crippen LogP contribution < -0.4 is 9.47 Å². The molecule has 3 aliphatic rings. The van der Waals surface area contributed by atoms with Crippen LogP contribution in [-0.4, -0.2) is 44.6 Å². The largest absolute Gasteiger partial charge is 0.494 e. The summed E-state index contributed by atoms with van der Waals surface area (Å²) in [6, 6.07) is 8.62. The summed E-state index contributed by atoms with van der Waals surface area (Å²) in [5, 5.41) is 0. The molecule has 6 rings (SSSR count). The Bertz CT molecular complexity index is 1820. The number of rotatable bonds is 11. The first-order valence-electron chi connectivity index (χ1n) is 15.7. The third kappa shape index (κ3) is 6.71. The fourth-order valence-corrected chi connectivity index (χ4v) is 8.02. The first-order chi connectivity index (χ1) is 22.1. The minimum Gasteiger partial charge on any atom is -0.494 e. The van der Waals surface area contributed by atoms with E-state index in [-0.39, 0.29) is 66.0 Å². The molecule has 12 heteroatoms. The number of benzene rings is 2. The highest BCUT2D eigenvalue weighted by molar-refractivity contribution is 7.90. The zero-order valence-electron chi connectivity index (χ0n) is 26.6. The second-order valence-electron chi connectivity index (χ2n) is 13.4. The van der Waals surface area contributed by atoms with Gasteiger partial charge in [-0.2, -0.15) is 13.2 Å². The lowest BCUT2D eigenvalue weighted by Gasteiger charge is -2.22. The molecule has 0 amide bonds. The van der Waals surface area contributed by atoms with Crippen LogP contribution >= 0.6 is 0 Å². The first kappa shape index (κ1) is 33.2. The monoisotopic (exact) mass is 675 g/mol. The lowest BCUT2D eigenvalue weighted by atomic mass is 9.84. The maximum atomic E-state index is 15.4. The Morgan fingerprint density at radius 3 is 2.53 bits per heavy atom. The van der Waals surface area contributed by atoms with Crippen LogP contribution in [0.25, 0.3) is 0 Å². The summed E-state index contributed by atoms with van der Waals surface area (Å²) in [4.78, 5) is 16.6. The molecule has 2 aromatic carbocycles. The maximum absolute atomic E-state index is 15.4. The standard InChI is InChI=1S/C35H37F4NO6S/c1-5-44-33(41)32-24-11-19-13-30(40-17-26(19)31(24)32)46-18-20-12-23-25(16-34(2,3)27(23)15-29(20)36)22-8-7-21(14-28(22)35(37,38)39)45-9-6-10-47(4,42)43/h7-8,12-15,17,24-25,31-32H,5-6,9-11,16,18H2,1-4H3/t24?,25?,31?,32-/m0/s1. The third-order valence-corrected chi connectivity index (χ3v) is 10.6. The summed E-state index contributed by atoms with van der Waals surface area (Å²) in [5.74, 6) is -1.03. The number of esters is 1. The van der Waals surface area contributed by atoms with Crippen LogP contribution in [0.4, 0.5) is 17.6 Å². The van der Waals surface area contributed by atoms with Crippen LogP contribution in [0, 0.1) is 17.7 Å². The van der Waals surface area contributed by atoms with Crippen LogP contribution in [0.5, 0.6) is 11.6 Å². The summed E-state index contributed by atoms with van der Waals surface area (Å²) in [5.41, 5.74) is 2.11. The van der Waals surface area contributed by atoms with Gasteiger partial charge in [-0.1, -0.05) is 19.9 Å². The number of hydrogen-bond acceptors (Lipinski definition) is 7. The van der Waals surface area contributed by atoms with E-state index in [9.17, 15) is 26.4 Å². The number of halogens is 4. The van der Waals surface area contributed by atoms with Crippen molar-refractivity contribution in [1.82, 2.24) is 4.98 Å². The summed E-state index contributed by atoms with van der Waals surface area (Å²) in [6.07, 6.45) is -0.700. The Balaban J connectivity index is 1.22. The summed E-state index contributed by atoms with van der Waals surface area (Å²) < 4.78 is 98.0. The number of sulfone groups is 1. The van der Waals surface area contributed by atoms with E-state index in [2.05, 4.69) is 4.98 Å². The van der Waals surface area contributed by atoms with Gasteiger partial charge in [0.05, 0.1) is 30.4 Å². The van der Waals surface area contributed by atoms with Crippen LogP contribution in [0.1, 0.15) is 84.4 Å². The Morgan fingerprint density at radius 1 is 1.06 bits per heavy atom. The number of nitrogens with zero attached hydrogens (tertiary/aromatic N) is 1. The quantitative estimate of drug-likeness (QED) is 0.124. The summed E-state index contributed by atoms with van der Waals surface area (Å²) in [7, 11) is -3.22. The van der Waals surface area contributed by atoms with E-state index in [1.54, 1.807) is 25.3 Å². The van der Waals surface area contributed by atoms with E-state index >= 15 is 4.39 Å². The molecule has 1 saturated carbocycles. The van der Waals surface area contributed by atoms with Gasteiger partial charge < -0.3 is 14.2 Å². The number of carbonyl (C=O) groups is 1. The predicted molar refractivity (Wildman–Crippen MR) is 166 cm³/mol. The molecule has 3 aromatic rings. The van der Waals surface area contributed by atoms with E-state index in [1.165, 1.54) is 18.2 Å². The van der Waals surface area contributed by atoms with E-state index in [1.807, 2.05) is 13.8 Å². The maximum Gasteiger partial charge on any atom is 0.416 e. The highest BCUT2D eigenvalue weighted by Crippen LogP contribution is 2.62. The highest BCUT2D eigenvalue weighted by Gasteiger charge is 2.60. The number of ether oxygens (including phenoxy) is 3. The van der Waals surface area contributed by atoms with Gasteiger partial charge >= 0.3 is 12.1 Å². The molecular formula is C35H37F4NO6S. The highest BCUT2D eigenvalue weighted by atomic mass is 32.2. The molecule has 1 heterocycles. The number of aromatic nitrogens is 1. The molecule has 4 atom stereocenters. The second-order valence-corrected chi connectivity index (χ2v) is 15.7. The number of fused-ring (bicyclic) bond motifs is 4. The minimum absolute atomic E-state index is 0.00388. The van der Waals surface area contributed by atoms with Gasteiger partial charge in [0.2, 0.25) is 5.88 Å². The molecule has 3 unspecified atom stereocenters. The Labute approximate surface area is 271 Å². The molecule has 3 aliphatic carbocycles. The Morgan fingerprint density at radius 2 is 1.83 bits per heavy atom. The van der Waals surface area contributed by atoms with Crippen molar-refractivity contribution < 1.29 is 45.0 Å². The minimum atomic E-state index is -4.68. The summed E-state index contributed by atoms with van der Waals surface area (Å²) >= 11 is 0. The van der Waals surface area contributed by atoms with Gasteiger partial charge in [0.15, 0.2) is 0 Å². The van der Waals surface area contributed by atoms with Gasteiger partial charge in [0, 0.05) is 35.9 Å². The molecule has 0 N–H and O–H groups in total. The van der Waals surface area contributed by atoms with Crippen molar-refractivity contribution in [2.24, 2.45) is 11.8 Å². The summed E-state index contributed by atoms with van der Waals surface area (Å²) in [6.45, 7) is 5.69. The van der Waals surface area contributed by atoms with Crippen molar-refractivity contribution in [1.29, 1.82) is 0 Å². The fraction of sp³-hybridized carbons (Fsp3) is 0.486. The molecule has 0 aliphatic heterocycles. The molecule has 0 spiro atoms. The first-order valence-corrected chi connectivity index (χ1v) is 17.8. The van der Waals surface area contributed by atoms with Crippen LogP contribution in [0.15, 0.2) is 42.6 Å². The van der Waals surface area contributed by atoms with E-state index in [0.717, 1.165) is 23.4 Å². The molecule has 47 heavy (non-hydrogen) atoms. The van der Waals surface area contributed by atoms with Gasteiger partial charge in [-0.05, 0) is 89.6 Å². The normalized spacial score (nSPS) is 22.3. The molecule has 1 fully saturated rings. The van der Waals surface area contributed by atoms with Gasteiger partial charge in [0.25, 0.3) is 0 Å². The number of hydrogen-bond donors (Lipinski definition) is 0. The zero-order chi connectivity index (χ0) is 33.9. The number of pyridine rings is 1. The zero-order valence-corrected chi connectivity index (χ0v) is 27.4. The van der Waals surface area contributed by atoms with E-state index in [4.69, 9.17) is 14.2 Å². The molecule has 7 nitrogen and oxygen atoms in total. The topological polar surface area (TPSA) is 91.8 Å². The Hall–Kier alpha value is -3.67. The second kappa shape index (κ2) is 12.1. The van der Waals surface area contributed by atoms with Crippen LogP contribution in [-0.2, 0) is 44.0 Å². The van der Waals surface area contributed by atoms with Crippen LogP contribution in [0.3, 0.4) is 0 Å². The average Bonchev–Trinajstić information content (AvgIpc) is 3.47. The van der Waals surface area contributed by atoms with E-state index in [0.29, 0.717) is 36.5 Å². The van der Waals surface area contributed by atoms with Crippen molar-refractivity contribution >= 4 is 15.8 Å². The average molecular weight is 676 g/mol. The van der Waals surface area contributed by atoms with Crippen molar-refractivity contribution in [2.75, 3.05) is 25.2 Å². The number of carbonyl (C=O) groups excluding carboxylic acids is 1. The lowest BCUT2D eigenvalue weighted by Crippen LogP contribution is -2.15. The lowest BCUT2D eigenvalue weighted by molar-refractivity contribution is -0.145. The van der Waals surface area contributed by atoms with Crippen LogP contribution in [0.2, 0.25) is 0 Å².